The van der Waals surface area contributed by atoms with E-state index in [0.717, 1.165) is 93.4 Å². The first-order valence-corrected chi connectivity index (χ1v) is 21.0. The van der Waals surface area contributed by atoms with Gasteiger partial charge in [0.2, 0.25) is 11.8 Å². The van der Waals surface area contributed by atoms with Gasteiger partial charge < -0.3 is 20.3 Å². The molecule has 2 aromatic carbocycles. The molecular weight excluding hydrogens is 794 g/mol. The van der Waals surface area contributed by atoms with Crippen LogP contribution in [0.1, 0.15) is 107 Å². The Morgan fingerprint density at radius 1 is 0.934 bits per heavy atom. The van der Waals surface area contributed by atoms with Gasteiger partial charge in [0.05, 0.1) is 35.5 Å². The first-order valence-electron chi connectivity index (χ1n) is 21.0. The molecule has 4 aromatic rings. The number of likely N-dealkylation sites (tertiary alicyclic amines) is 1. The monoisotopic (exact) mass is 840 g/mol. The zero-order valence-corrected chi connectivity index (χ0v) is 33.7. The lowest BCUT2D eigenvalue weighted by Gasteiger charge is -2.53. The van der Waals surface area contributed by atoms with Crippen LogP contribution >= 0.6 is 0 Å². The molecule has 5 aliphatic rings. The minimum atomic E-state index is -4.67. The molecule has 320 valence electrons. The second-order valence-corrected chi connectivity index (χ2v) is 17.4. The number of benzene rings is 2. The van der Waals surface area contributed by atoms with Crippen molar-refractivity contribution in [3.05, 3.63) is 77.2 Å². The van der Waals surface area contributed by atoms with Crippen LogP contribution in [0.4, 0.5) is 24.5 Å². The lowest BCUT2D eigenvalue weighted by Crippen LogP contribution is -2.54. The number of carbonyl (C=O) groups excluding carboxylic acids is 5. The van der Waals surface area contributed by atoms with Crippen LogP contribution in [0.5, 0.6) is 5.75 Å². The number of nitrogens with zero attached hydrogens (tertiary/aromatic N) is 5. The fraction of sp³-hybridized carbons (Fsp3) is 0.477. The summed E-state index contributed by atoms with van der Waals surface area (Å²) in [7, 11) is 1.46. The number of aromatic nitrogens is 3. The number of piperidine rings is 2. The maximum atomic E-state index is 13.5. The van der Waals surface area contributed by atoms with Crippen molar-refractivity contribution in [1.82, 2.24) is 29.9 Å². The smallest absolute Gasteiger partial charge is 0.433 e. The highest BCUT2D eigenvalue weighted by molar-refractivity contribution is 6.25. The van der Waals surface area contributed by atoms with Crippen LogP contribution in [0.2, 0.25) is 0 Å². The zero-order chi connectivity index (χ0) is 42.6. The number of hydrogen-bond acceptors (Lipinski definition) is 10. The lowest BCUT2D eigenvalue weighted by atomic mass is 9.57. The number of rotatable bonds is 10. The summed E-state index contributed by atoms with van der Waals surface area (Å²) in [5.74, 6) is -1.40. The van der Waals surface area contributed by atoms with Gasteiger partial charge in [-0.2, -0.15) is 18.3 Å². The molecule has 0 bridgehead atoms. The van der Waals surface area contributed by atoms with Gasteiger partial charge in [-0.25, -0.2) is 4.98 Å². The van der Waals surface area contributed by atoms with Crippen LogP contribution in [-0.4, -0.2) is 93.4 Å². The quantitative estimate of drug-likeness (QED) is 0.151. The van der Waals surface area contributed by atoms with Gasteiger partial charge in [-0.05, 0) is 118 Å². The number of pyridine rings is 1. The molecule has 0 unspecified atom stereocenters. The maximum Gasteiger partial charge on any atom is 0.433 e. The molecule has 2 saturated carbocycles. The number of carbonyl (C=O) groups is 5. The third kappa shape index (κ3) is 7.95. The Morgan fingerprint density at radius 2 is 1.69 bits per heavy atom. The first kappa shape index (κ1) is 40.6. The van der Waals surface area contributed by atoms with Crippen molar-refractivity contribution in [2.75, 3.05) is 43.9 Å². The van der Waals surface area contributed by atoms with Crippen molar-refractivity contribution in [2.45, 2.75) is 82.5 Å². The average molecular weight is 841 g/mol. The number of alkyl halides is 3. The highest BCUT2D eigenvalue weighted by Crippen LogP contribution is 2.53. The molecule has 1 atom stereocenters. The summed E-state index contributed by atoms with van der Waals surface area (Å²) in [6, 6.07) is 11.0. The number of anilines is 2. The maximum absolute atomic E-state index is 13.5. The third-order valence-corrected chi connectivity index (χ3v) is 13.5. The molecule has 1 spiro atoms. The van der Waals surface area contributed by atoms with Gasteiger partial charge in [-0.15, -0.1) is 0 Å². The number of imide groups is 2. The SMILES string of the molecule is COc1cc2nn([C@H]3CC[C@H](CN4CCC5(CC4)CC(CNc4cccc6c4C(=O)N([C@H]4CCC(=O)NC4=O)C6=O)C5)CC3)cc2cc1NC(=O)c1cccc(C(F)(F)F)n1. The number of amides is 5. The fourth-order valence-corrected chi connectivity index (χ4v) is 10.2. The summed E-state index contributed by atoms with van der Waals surface area (Å²) < 4.78 is 47.0. The van der Waals surface area contributed by atoms with Gasteiger partial charge >= 0.3 is 6.18 Å². The van der Waals surface area contributed by atoms with Crippen molar-refractivity contribution >= 4 is 51.8 Å². The van der Waals surface area contributed by atoms with E-state index in [1.807, 2.05) is 10.9 Å². The predicted octanol–water partition coefficient (Wildman–Crippen LogP) is 6.45. The van der Waals surface area contributed by atoms with Crippen molar-refractivity contribution in [3.63, 3.8) is 0 Å². The Bertz CT molecular complexity index is 2410. The van der Waals surface area contributed by atoms with Crippen LogP contribution < -0.4 is 20.7 Å². The number of ether oxygens (including phenoxy) is 1. The summed E-state index contributed by atoms with van der Waals surface area (Å²) in [5, 5.41) is 14.0. The summed E-state index contributed by atoms with van der Waals surface area (Å²) >= 11 is 0. The number of hydrogen-bond donors (Lipinski definition) is 3. The Kier molecular flexibility index (Phi) is 10.6. The van der Waals surface area contributed by atoms with Crippen molar-refractivity contribution in [1.29, 1.82) is 0 Å². The molecule has 3 N–H and O–H groups in total. The van der Waals surface area contributed by atoms with Gasteiger partial charge in [0.15, 0.2) is 0 Å². The van der Waals surface area contributed by atoms with Crippen molar-refractivity contribution in [3.8, 4) is 5.75 Å². The molecule has 2 aliphatic carbocycles. The van der Waals surface area contributed by atoms with Crippen molar-refractivity contribution in [2.24, 2.45) is 17.3 Å². The third-order valence-electron chi connectivity index (χ3n) is 13.5. The predicted molar refractivity (Wildman–Crippen MR) is 217 cm³/mol. The highest BCUT2D eigenvalue weighted by atomic mass is 19.4. The van der Waals surface area contributed by atoms with Gasteiger partial charge in [-0.1, -0.05) is 12.1 Å². The summed E-state index contributed by atoms with van der Waals surface area (Å²) in [5.41, 5.74) is 1.03. The van der Waals surface area contributed by atoms with E-state index < -0.39 is 47.4 Å². The van der Waals surface area contributed by atoms with E-state index in [4.69, 9.17) is 9.84 Å². The molecule has 2 aromatic heterocycles. The molecule has 0 radical (unpaired) electrons. The van der Waals surface area contributed by atoms with Crippen molar-refractivity contribution < 1.29 is 41.9 Å². The number of methoxy groups -OCH3 is 1. The molecule has 5 amide bonds. The van der Waals surface area contributed by atoms with E-state index in [1.54, 1.807) is 30.3 Å². The van der Waals surface area contributed by atoms with E-state index in [-0.39, 0.29) is 30.1 Å². The highest BCUT2D eigenvalue weighted by Gasteiger charge is 2.48. The van der Waals surface area contributed by atoms with Gasteiger partial charge in [0, 0.05) is 42.8 Å². The molecular formula is C44H47F3N8O6. The minimum Gasteiger partial charge on any atom is -0.494 e. The molecule has 4 fully saturated rings. The Morgan fingerprint density at radius 3 is 2.41 bits per heavy atom. The molecule has 17 heteroatoms. The second-order valence-electron chi connectivity index (χ2n) is 17.4. The number of nitrogens with one attached hydrogen (secondary N) is 3. The van der Waals surface area contributed by atoms with Gasteiger partial charge in [0.25, 0.3) is 17.7 Å². The van der Waals surface area contributed by atoms with E-state index in [2.05, 4.69) is 25.8 Å². The van der Waals surface area contributed by atoms with Gasteiger partial charge in [0.1, 0.15) is 23.2 Å². The molecule has 9 rings (SSSR count). The molecule has 61 heavy (non-hydrogen) atoms. The van der Waals surface area contributed by atoms with Crippen LogP contribution in [0.25, 0.3) is 10.9 Å². The topological polar surface area (TPSA) is 168 Å². The summed E-state index contributed by atoms with van der Waals surface area (Å²) in [4.78, 5) is 70.9. The molecule has 14 nitrogen and oxygen atoms in total. The zero-order valence-electron chi connectivity index (χ0n) is 33.7. The summed E-state index contributed by atoms with van der Waals surface area (Å²) in [6.45, 7) is 3.93. The summed E-state index contributed by atoms with van der Waals surface area (Å²) in [6.07, 6.45) is 6.21. The molecule has 3 aliphatic heterocycles. The van der Waals surface area contributed by atoms with E-state index in [9.17, 15) is 37.1 Å². The lowest BCUT2D eigenvalue weighted by molar-refractivity contribution is -0.141. The molecule has 5 heterocycles. The normalized spacial score (nSPS) is 23.2. The Balaban J connectivity index is 0.732. The number of fused-ring (bicyclic) bond motifs is 2. The number of halogens is 3. The Hall–Kier alpha value is -5.84. The van der Waals surface area contributed by atoms with E-state index >= 15 is 0 Å². The largest absolute Gasteiger partial charge is 0.494 e. The fourth-order valence-electron chi connectivity index (χ4n) is 10.2. The van der Waals surface area contributed by atoms with Crippen LogP contribution in [0.15, 0.2) is 54.7 Å². The standard InChI is InChI=1S/C44H47F3N8O6/c1-61-35-19-32-27(18-33(35)50-39(57)31-6-3-7-36(49-31)44(45,46)47)24-54(52-32)28-10-8-25(9-11-28)23-53-16-14-43(15-17-53)20-26(21-43)22-48-30-5-2-4-29-38(30)42(60)55(41(29)59)34-12-13-37(56)51-40(34)58/h2-7,18-19,24-26,28,34,48H,8-17,20-23H2,1H3,(H,50,57)(H,51,56,58)/t25-,28-,34-/m0/s1. The van der Waals surface area contributed by atoms with E-state index in [1.165, 1.54) is 13.2 Å². The van der Waals surface area contributed by atoms with Crippen LogP contribution in [-0.2, 0) is 15.8 Å². The van der Waals surface area contributed by atoms with E-state index in [0.29, 0.717) is 52.0 Å². The Labute approximate surface area is 349 Å². The van der Waals surface area contributed by atoms with Gasteiger partial charge in [-0.3, -0.25) is 38.9 Å². The van der Waals surface area contributed by atoms with Crippen LogP contribution in [0.3, 0.4) is 0 Å². The first-order chi connectivity index (χ1) is 29.3. The van der Waals surface area contributed by atoms with Crippen LogP contribution in [0, 0.1) is 17.3 Å². The second kappa shape index (κ2) is 15.9. The molecule has 2 saturated heterocycles. The minimum absolute atomic E-state index is 0.0790. The average Bonchev–Trinajstić information content (AvgIpc) is 3.76.